The molecule has 0 spiro atoms. The molecule has 1 aromatic heterocycles. The minimum Gasteiger partial charge on any atom is -0.494 e. The summed E-state index contributed by atoms with van der Waals surface area (Å²) in [6, 6.07) is 3.85. The molecule has 0 radical (unpaired) electrons. The van der Waals surface area contributed by atoms with Crippen LogP contribution in [0.2, 0.25) is 0 Å². The van der Waals surface area contributed by atoms with Crippen LogP contribution in [0, 0.1) is 12.8 Å². The second-order valence-electron chi connectivity index (χ2n) is 6.03. The summed E-state index contributed by atoms with van der Waals surface area (Å²) >= 11 is 1.62. The fraction of sp³-hybridized carbons (Fsp3) is 0.529. The average molecular weight is 333 g/mol. The summed E-state index contributed by atoms with van der Waals surface area (Å²) in [5.74, 6) is 1.39. The van der Waals surface area contributed by atoms with Gasteiger partial charge in [0, 0.05) is 12.5 Å². The Bertz CT molecular complexity index is 692. The van der Waals surface area contributed by atoms with Crippen molar-refractivity contribution in [1.29, 1.82) is 0 Å². The molecule has 6 heteroatoms. The van der Waals surface area contributed by atoms with Crippen LogP contribution in [0.15, 0.2) is 12.1 Å². The third-order valence-electron chi connectivity index (χ3n) is 4.33. The molecule has 2 aromatic rings. The predicted molar refractivity (Wildman–Crippen MR) is 94.4 cm³/mol. The van der Waals surface area contributed by atoms with Gasteiger partial charge in [0.2, 0.25) is 5.91 Å². The Hall–Kier alpha value is -1.66. The molecule has 1 aromatic carbocycles. The van der Waals surface area contributed by atoms with Crippen molar-refractivity contribution in [2.75, 3.05) is 25.5 Å². The molecular formula is C17H23N3O2S. The van der Waals surface area contributed by atoms with Gasteiger partial charge < -0.3 is 15.4 Å². The van der Waals surface area contributed by atoms with Crippen LogP contribution in [0.1, 0.15) is 30.7 Å². The molecule has 0 unspecified atom stereocenters. The number of piperidine rings is 1. The highest BCUT2D eigenvalue weighted by Gasteiger charge is 2.16. The van der Waals surface area contributed by atoms with Crippen molar-refractivity contribution < 1.29 is 9.53 Å². The number of aryl methyl sites for hydroxylation is 1. The number of amides is 1. The van der Waals surface area contributed by atoms with E-state index in [0.29, 0.717) is 18.1 Å². The predicted octanol–water partition coefficient (Wildman–Crippen LogP) is 3.33. The zero-order valence-corrected chi connectivity index (χ0v) is 14.5. The number of fused-ring (bicyclic) bond motifs is 1. The fourth-order valence-electron chi connectivity index (χ4n) is 3.05. The van der Waals surface area contributed by atoms with E-state index >= 15 is 0 Å². The first-order valence-corrected chi connectivity index (χ1v) is 8.93. The highest BCUT2D eigenvalue weighted by Crippen LogP contribution is 2.33. The van der Waals surface area contributed by atoms with E-state index in [9.17, 15) is 4.79 Å². The highest BCUT2D eigenvalue weighted by molar-refractivity contribution is 7.18. The van der Waals surface area contributed by atoms with Crippen LogP contribution < -0.4 is 15.4 Å². The lowest BCUT2D eigenvalue weighted by molar-refractivity contribution is -0.116. The molecule has 2 heterocycles. The van der Waals surface area contributed by atoms with Crippen molar-refractivity contribution in [3.8, 4) is 5.75 Å². The first-order valence-electron chi connectivity index (χ1n) is 8.11. The Morgan fingerprint density at radius 2 is 2.22 bits per heavy atom. The third kappa shape index (κ3) is 4.00. The molecule has 5 nitrogen and oxygen atoms in total. The Kier molecular flexibility index (Phi) is 5.13. The number of carbonyl (C=O) groups excluding carboxylic acids is 1. The van der Waals surface area contributed by atoms with Gasteiger partial charge in [-0.1, -0.05) is 0 Å². The Balaban J connectivity index is 1.65. The summed E-state index contributed by atoms with van der Waals surface area (Å²) in [4.78, 5) is 16.7. The van der Waals surface area contributed by atoms with Crippen LogP contribution in [0.5, 0.6) is 5.75 Å². The summed E-state index contributed by atoms with van der Waals surface area (Å²) in [5.41, 5.74) is 1.65. The zero-order valence-electron chi connectivity index (χ0n) is 13.6. The molecule has 3 rings (SSSR count). The van der Waals surface area contributed by atoms with Crippen molar-refractivity contribution in [3.63, 3.8) is 0 Å². The van der Waals surface area contributed by atoms with Gasteiger partial charge in [0.1, 0.15) is 5.75 Å². The maximum absolute atomic E-state index is 12.3. The van der Waals surface area contributed by atoms with Crippen LogP contribution >= 0.6 is 11.3 Å². The first kappa shape index (κ1) is 16.2. The standard InChI is InChI=1S/C17H23N3O2S/c1-11-19-14-9-15(22-2)13(10-16(14)23-11)20-17(21)4-3-12-5-7-18-8-6-12/h9-10,12,18H,3-8H2,1-2H3,(H,20,21). The number of ether oxygens (including phenoxy) is 1. The van der Waals surface area contributed by atoms with Gasteiger partial charge in [0.05, 0.1) is 28.0 Å². The second kappa shape index (κ2) is 7.27. The number of anilines is 1. The van der Waals surface area contributed by atoms with Gasteiger partial charge in [-0.25, -0.2) is 4.98 Å². The van der Waals surface area contributed by atoms with Crippen LogP contribution in [-0.2, 0) is 4.79 Å². The summed E-state index contributed by atoms with van der Waals surface area (Å²) in [7, 11) is 1.62. The van der Waals surface area contributed by atoms with Crippen molar-refractivity contribution in [3.05, 3.63) is 17.1 Å². The first-order chi connectivity index (χ1) is 11.2. The van der Waals surface area contributed by atoms with E-state index in [1.54, 1.807) is 18.4 Å². The molecule has 2 N–H and O–H groups in total. The SMILES string of the molecule is COc1cc2nc(C)sc2cc1NC(=O)CCC1CCNCC1. The maximum atomic E-state index is 12.3. The number of rotatable bonds is 5. The lowest BCUT2D eigenvalue weighted by Crippen LogP contribution is -2.28. The van der Waals surface area contributed by atoms with Crippen molar-refractivity contribution >= 4 is 33.1 Å². The third-order valence-corrected chi connectivity index (χ3v) is 5.26. The van der Waals surface area contributed by atoms with Gasteiger partial charge >= 0.3 is 0 Å². The van der Waals surface area contributed by atoms with E-state index in [2.05, 4.69) is 15.6 Å². The molecule has 124 valence electrons. The molecule has 23 heavy (non-hydrogen) atoms. The summed E-state index contributed by atoms with van der Waals surface area (Å²) in [6.45, 7) is 4.12. The lowest BCUT2D eigenvalue weighted by atomic mass is 9.93. The van der Waals surface area contributed by atoms with E-state index in [1.807, 2.05) is 19.1 Å². The average Bonchev–Trinajstić information content (AvgIpc) is 2.92. The number of methoxy groups -OCH3 is 1. The number of nitrogens with zero attached hydrogens (tertiary/aromatic N) is 1. The van der Waals surface area contributed by atoms with E-state index in [1.165, 1.54) is 12.8 Å². The number of nitrogens with one attached hydrogen (secondary N) is 2. The van der Waals surface area contributed by atoms with E-state index < -0.39 is 0 Å². The van der Waals surface area contributed by atoms with Gasteiger partial charge in [-0.2, -0.15) is 0 Å². The summed E-state index contributed by atoms with van der Waals surface area (Å²) in [5, 5.41) is 7.37. The zero-order chi connectivity index (χ0) is 16.2. The number of benzene rings is 1. The molecule has 1 aliphatic heterocycles. The molecular weight excluding hydrogens is 310 g/mol. The van der Waals surface area contributed by atoms with Crippen LogP contribution in [0.4, 0.5) is 5.69 Å². The number of carbonyl (C=O) groups is 1. The van der Waals surface area contributed by atoms with Gasteiger partial charge in [-0.15, -0.1) is 11.3 Å². The quantitative estimate of drug-likeness (QED) is 0.881. The van der Waals surface area contributed by atoms with Crippen LogP contribution in [0.25, 0.3) is 10.2 Å². The summed E-state index contributed by atoms with van der Waals surface area (Å²) in [6.07, 6.45) is 3.86. The molecule has 0 saturated carbocycles. The van der Waals surface area contributed by atoms with E-state index in [0.717, 1.165) is 40.4 Å². The Morgan fingerprint density at radius 3 is 2.96 bits per heavy atom. The number of hydrogen-bond acceptors (Lipinski definition) is 5. The van der Waals surface area contributed by atoms with E-state index in [4.69, 9.17) is 4.74 Å². The largest absolute Gasteiger partial charge is 0.494 e. The minimum absolute atomic E-state index is 0.0578. The number of thiazole rings is 1. The molecule has 1 saturated heterocycles. The van der Waals surface area contributed by atoms with Crippen molar-refractivity contribution in [2.45, 2.75) is 32.6 Å². The van der Waals surface area contributed by atoms with Gasteiger partial charge in [0.25, 0.3) is 0 Å². The van der Waals surface area contributed by atoms with Crippen LogP contribution in [0.3, 0.4) is 0 Å². The molecule has 1 fully saturated rings. The molecule has 1 aliphatic rings. The van der Waals surface area contributed by atoms with Crippen molar-refractivity contribution in [1.82, 2.24) is 10.3 Å². The topological polar surface area (TPSA) is 63.2 Å². The fourth-order valence-corrected chi connectivity index (χ4v) is 3.90. The van der Waals surface area contributed by atoms with Gasteiger partial charge in [-0.3, -0.25) is 4.79 Å². The molecule has 0 atom stereocenters. The van der Waals surface area contributed by atoms with Crippen LogP contribution in [-0.4, -0.2) is 31.1 Å². The molecule has 0 aliphatic carbocycles. The lowest BCUT2D eigenvalue weighted by Gasteiger charge is -2.22. The van der Waals surface area contributed by atoms with Crippen molar-refractivity contribution in [2.24, 2.45) is 5.92 Å². The Labute approximate surface area is 140 Å². The minimum atomic E-state index is 0.0578. The highest BCUT2D eigenvalue weighted by atomic mass is 32.1. The monoisotopic (exact) mass is 333 g/mol. The van der Waals surface area contributed by atoms with Gasteiger partial charge in [-0.05, 0) is 51.3 Å². The normalized spacial score (nSPS) is 15.7. The van der Waals surface area contributed by atoms with Gasteiger partial charge in [0.15, 0.2) is 0 Å². The molecule has 0 bridgehead atoms. The number of aromatic nitrogens is 1. The van der Waals surface area contributed by atoms with E-state index in [-0.39, 0.29) is 5.91 Å². The second-order valence-corrected chi connectivity index (χ2v) is 7.27. The number of hydrogen-bond donors (Lipinski definition) is 2. The smallest absolute Gasteiger partial charge is 0.224 e. The summed E-state index contributed by atoms with van der Waals surface area (Å²) < 4.78 is 6.47. The molecule has 1 amide bonds. The Morgan fingerprint density at radius 1 is 1.43 bits per heavy atom. The maximum Gasteiger partial charge on any atom is 0.224 e.